The summed E-state index contributed by atoms with van der Waals surface area (Å²) in [5.74, 6) is 2.94. The number of benzene rings is 1. The van der Waals surface area contributed by atoms with Gasteiger partial charge in [0.15, 0.2) is 11.6 Å². The third-order valence-electron chi connectivity index (χ3n) is 5.92. The van der Waals surface area contributed by atoms with E-state index in [0.717, 1.165) is 36.5 Å². The Hall–Kier alpha value is -3.42. The third-order valence-corrected chi connectivity index (χ3v) is 5.92. The van der Waals surface area contributed by atoms with Gasteiger partial charge in [-0.3, -0.25) is 9.78 Å². The number of carbonyl (C=O) groups is 1. The van der Waals surface area contributed by atoms with Crippen molar-refractivity contribution in [3.05, 3.63) is 54.0 Å². The van der Waals surface area contributed by atoms with Gasteiger partial charge in [-0.1, -0.05) is 32.9 Å². The maximum absolute atomic E-state index is 13.2. The van der Waals surface area contributed by atoms with Crippen molar-refractivity contribution >= 4 is 5.91 Å². The molecule has 8 nitrogen and oxygen atoms in total. The van der Waals surface area contributed by atoms with Crippen LogP contribution in [0.5, 0.6) is 11.5 Å². The van der Waals surface area contributed by atoms with Gasteiger partial charge in [0.1, 0.15) is 17.2 Å². The maximum atomic E-state index is 13.2. The smallest absolute Gasteiger partial charge is 0.223 e. The van der Waals surface area contributed by atoms with Crippen LogP contribution in [0, 0.1) is 5.41 Å². The highest BCUT2D eigenvalue weighted by molar-refractivity contribution is 5.77. The van der Waals surface area contributed by atoms with Gasteiger partial charge in [0, 0.05) is 25.2 Å². The van der Waals surface area contributed by atoms with Gasteiger partial charge in [0.2, 0.25) is 5.91 Å². The quantitative estimate of drug-likeness (QED) is 0.513. The zero-order valence-corrected chi connectivity index (χ0v) is 20.6. The number of likely N-dealkylation sites (tertiary alicyclic amines) is 1. The summed E-state index contributed by atoms with van der Waals surface area (Å²) in [7, 11) is 3.28. The largest absolute Gasteiger partial charge is 0.497 e. The van der Waals surface area contributed by atoms with Crippen LogP contribution in [0.15, 0.2) is 42.6 Å². The maximum Gasteiger partial charge on any atom is 0.223 e. The molecule has 3 heterocycles. The molecule has 1 unspecified atom stereocenters. The van der Waals surface area contributed by atoms with E-state index in [0.29, 0.717) is 30.2 Å². The summed E-state index contributed by atoms with van der Waals surface area (Å²) in [6, 6.07) is 11.4. The number of nitrogens with zero attached hydrogens (tertiary/aromatic N) is 5. The SMILES string of the molecule is COc1cccc(Cn2nc(-c3cc(OC)ccn3)nc2C2CCCN2C(=O)CC(C)(C)C)c1. The van der Waals surface area contributed by atoms with Gasteiger partial charge in [0.05, 0.1) is 26.8 Å². The molecule has 180 valence electrons. The number of hydrogen-bond acceptors (Lipinski definition) is 6. The normalized spacial score (nSPS) is 16.0. The van der Waals surface area contributed by atoms with E-state index in [2.05, 4.69) is 25.8 Å². The number of methoxy groups -OCH3 is 2. The second-order valence-electron chi connectivity index (χ2n) is 9.87. The van der Waals surface area contributed by atoms with Crippen LogP contribution in [0.4, 0.5) is 0 Å². The fraction of sp³-hybridized carbons (Fsp3) is 0.462. The molecule has 1 saturated heterocycles. The molecule has 8 heteroatoms. The predicted octanol–water partition coefficient (Wildman–Crippen LogP) is 4.51. The summed E-state index contributed by atoms with van der Waals surface area (Å²) in [5, 5.41) is 4.83. The van der Waals surface area contributed by atoms with E-state index in [9.17, 15) is 4.79 Å². The summed E-state index contributed by atoms with van der Waals surface area (Å²) in [6.07, 6.45) is 3.99. The van der Waals surface area contributed by atoms with Crippen LogP contribution in [0.25, 0.3) is 11.5 Å². The van der Waals surface area contributed by atoms with Crippen molar-refractivity contribution in [1.82, 2.24) is 24.6 Å². The molecule has 0 aliphatic carbocycles. The van der Waals surface area contributed by atoms with Gasteiger partial charge >= 0.3 is 0 Å². The van der Waals surface area contributed by atoms with E-state index < -0.39 is 0 Å². The lowest BCUT2D eigenvalue weighted by atomic mass is 9.91. The minimum absolute atomic E-state index is 0.0752. The average Bonchev–Trinajstić information content (AvgIpc) is 3.45. The zero-order chi connectivity index (χ0) is 24.3. The molecule has 0 saturated carbocycles. The average molecular weight is 464 g/mol. The van der Waals surface area contributed by atoms with E-state index >= 15 is 0 Å². The van der Waals surface area contributed by atoms with Crippen LogP contribution in [0.2, 0.25) is 0 Å². The van der Waals surface area contributed by atoms with Crippen LogP contribution < -0.4 is 9.47 Å². The molecule has 1 fully saturated rings. The number of amides is 1. The van der Waals surface area contributed by atoms with Crippen LogP contribution in [0.3, 0.4) is 0 Å². The van der Waals surface area contributed by atoms with Crippen molar-refractivity contribution in [1.29, 1.82) is 0 Å². The van der Waals surface area contributed by atoms with Crippen molar-refractivity contribution < 1.29 is 14.3 Å². The highest BCUT2D eigenvalue weighted by Gasteiger charge is 2.35. The van der Waals surface area contributed by atoms with Crippen molar-refractivity contribution in [2.24, 2.45) is 5.41 Å². The summed E-state index contributed by atoms with van der Waals surface area (Å²) in [6.45, 7) is 7.52. The minimum Gasteiger partial charge on any atom is -0.497 e. The molecular weight excluding hydrogens is 430 g/mol. The molecule has 0 spiro atoms. The first-order chi connectivity index (χ1) is 16.3. The molecule has 0 radical (unpaired) electrons. The lowest BCUT2D eigenvalue weighted by Crippen LogP contribution is -2.34. The Morgan fingerprint density at radius 2 is 1.88 bits per heavy atom. The van der Waals surface area contributed by atoms with Crippen LogP contribution >= 0.6 is 0 Å². The Labute approximate surface area is 200 Å². The van der Waals surface area contributed by atoms with Gasteiger partial charge in [-0.2, -0.15) is 0 Å². The van der Waals surface area contributed by atoms with Gasteiger partial charge < -0.3 is 14.4 Å². The lowest BCUT2D eigenvalue weighted by Gasteiger charge is -2.28. The first-order valence-electron chi connectivity index (χ1n) is 11.6. The van der Waals surface area contributed by atoms with E-state index in [1.807, 2.05) is 39.9 Å². The molecule has 1 aliphatic heterocycles. The summed E-state index contributed by atoms with van der Waals surface area (Å²) in [4.78, 5) is 24.5. The van der Waals surface area contributed by atoms with Crippen molar-refractivity contribution in [2.45, 2.75) is 52.6 Å². The van der Waals surface area contributed by atoms with Crippen LogP contribution in [0.1, 0.15) is 57.5 Å². The second-order valence-corrected chi connectivity index (χ2v) is 9.87. The highest BCUT2D eigenvalue weighted by Crippen LogP contribution is 2.35. The number of rotatable bonds is 7. The monoisotopic (exact) mass is 463 g/mol. The Balaban J connectivity index is 1.73. The molecule has 1 atom stereocenters. The van der Waals surface area contributed by atoms with Gasteiger partial charge in [-0.25, -0.2) is 9.67 Å². The van der Waals surface area contributed by atoms with E-state index in [1.54, 1.807) is 26.5 Å². The van der Waals surface area contributed by atoms with Gasteiger partial charge in [0.25, 0.3) is 0 Å². The number of hydrogen-bond donors (Lipinski definition) is 0. The fourth-order valence-electron chi connectivity index (χ4n) is 4.32. The van der Waals surface area contributed by atoms with Crippen LogP contribution in [-0.2, 0) is 11.3 Å². The van der Waals surface area contributed by atoms with Crippen molar-refractivity contribution in [3.63, 3.8) is 0 Å². The Kier molecular flexibility index (Phi) is 6.86. The fourth-order valence-corrected chi connectivity index (χ4v) is 4.32. The van der Waals surface area contributed by atoms with Crippen molar-refractivity contribution in [2.75, 3.05) is 20.8 Å². The summed E-state index contributed by atoms with van der Waals surface area (Å²) in [5.41, 5.74) is 1.60. The Bertz CT molecular complexity index is 1150. The first-order valence-corrected chi connectivity index (χ1v) is 11.6. The molecule has 1 aromatic carbocycles. The zero-order valence-electron chi connectivity index (χ0n) is 20.6. The van der Waals surface area contributed by atoms with Gasteiger partial charge in [-0.15, -0.1) is 5.10 Å². The number of carbonyl (C=O) groups excluding carboxylic acids is 1. The molecule has 0 bridgehead atoms. The molecular formula is C26H33N5O3. The highest BCUT2D eigenvalue weighted by atomic mass is 16.5. The molecule has 1 amide bonds. The minimum atomic E-state index is -0.118. The number of aromatic nitrogens is 4. The Morgan fingerprint density at radius 3 is 2.62 bits per heavy atom. The van der Waals surface area contributed by atoms with E-state index in [-0.39, 0.29) is 17.4 Å². The third kappa shape index (κ3) is 5.38. The Morgan fingerprint density at radius 1 is 1.12 bits per heavy atom. The van der Waals surface area contributed by atoms with E-state index in [4.69, 9.17) is 19.6 Å². The molecule has 0 N–H and O–H groups in total. The molecule has 3 aromatic rings. The van der Waals surface area contributed by atoms with Gasteiger partial charge in [-0.05, 0) is 42.0 Å². The van der Waals surface area contributed by atoms with Crippen molar-refractivity contribution in [3.8, 4) is 23.0 Å². The molecule has 4 rings (SSSR count). The molecule has 1 aliphatic rings. The topological polar surface area (TPSA) is 82.4 Å². The second kappa shape index (κ2) is 9.83. The number of pyridine rings is 1. The summed E-state index contributed by atoms with van der Waals surface area (Å²) < 4.78 is 12.7. The predicted molar refractivity (Wildman–Crippen MR) is 130 cm³/mol. The summed E-state index contributed by atoms with van der Waals surface area (Å²) >= 11 is 0. The molecule has 2 aromatic heterocycles. The molecule has 34 heavy (non-hydrogen) atoms. The standard InChI is InChI=1S/C26H33N5O3/c1-26(2,3)16-23(32)30-13-7-10-22(30)25-28-24(21-15-20(34-5)11-12-27-21)29-31(25)17-18-8-6-9-19(14-18)33-4/h6,8-9,11-12,14-15,22H,7,10,13,16-17H2,1-5H3. The van der Waals surface area contributed by atoms with Crippen LogP contribution in [-0.4, -0.2) is 51.3 Å². The van der Waals surface area contributed by atoms with E-state index in [1.165, 1.54) is 0 Å². The number of ether oxygens (including phenoxy) is 2. The first kappa shape index (κ1) is 23.7. The lowest BCUT2D eigenvalue weighted by molar-refractivity contribution is -0.134.